The van der Waals surface area contributed by atoms with Gasteiger partial charge in [0.05, 0.1) is 12.1 Å². The third-order valence-corrected chi connectivity index (χ3v) is 3.82. The van der Waals surface area contributed by atoms with Crippen molar-refractivity contribution < 1.29 is 4.79 Å². The normalized spacial score (nSPS) is 13.7. The van der Waals surface area contributed by atoms with Crippen molar-refractivity contribution in [2.45, 2.75) is 12.8 Å². The third kappa shape index (κ3) is 2.34. The fourth-order valence-electron chi connectivity index (χ4n) is 2.45. The van der Waals surface area contributed by atoms with E-state index in [1.165, 1.54) is 5.56 Å². The average Bonchev–Trinajstić information content (AvgIpc) is 2.75. The van der Waals surface area contributed by atoms with Crippen LogP contribution < -0.4 is 10.6 Å². The van der Waals surface area contributed by atoms with Gasteiger partial charge in [-0.15, -0.1) is 0 Å². The molecule has 0 fully saturated rings. The summed E-state index contributed by atoms with van der Waals surface area (Å²) >= 11 is 3.35. The lowest BCUT2D eigenvalue weighted by Crippen LogP contribution is -2.21. The Balaban J connectivity index is 1.99. The van der Waals surface area contributed by atoms with Crippen molar-refractivity contribution in [3.05, 3.63) is 52.1 Å². The predicted octanol–water partition coefficient (Wildman–Crippen LogP) is 2.57. The molecule has 0 aliphatic carbocycles. The van der Waals surface area contributed by atoms with E-state index in [4.69, 9.17) is 5.73 Å². The molecule has 20 heavy (non-hydrogen) atoms. The fraction of sp³-hybridized carbons (Fsp3) is 0.200. The van der Waals surface area contributed by atoms with Gasteiger partial charge in [-0.2, -0.15) is 0 Å². The Bertz CT molecular complexity index is 655. The van der Waals surface area contributed by atoms with E-state index in [9.17, 15) is 4.79 Å². The van der Waals surface area contributed by atoms with E-state index in [1.54, 1.807) is 11.1 Å². The molecular formula is C15H14BrN3O. The highest BCUT2D eigenvalue weighted by molar-refractivity contribution is 9.10. The highest BCUT2D eigenvalue weighted by Crippen LogP contribution is 2.35. The number of pyridine rings is 1. The summed E-state index contributed by atoms with van der Waals surface area (Å²) < 4.78 is 0.895. The monoisotopic (exact) mass is 331 g/mol. The van der Waals surface area contributed by atoms with E-state index in [0.29, 0.717) is 18.8 Å². The number of carbonyl (C=O) groups excluding carboxylic acids is 1. The Labute approximate surface area is 125 Å². The van der Waals surface area contributed by atoms with Crippen molar-refractivity contribution in [1.82, 2.24) is 4.98 Å². The minimum absolute atomic E-state index is 0.0553. The van der Waals surface area contributed by atoms with Crippen LogP contribution in [0.3, 0.4) is 0 Å². The minimum atomic E-state index is 0.0553. The Hall–Kier alpha value is -1.72. The molecule has 0 spiro atoms. The number of fused-ring (bicyclic) bond motifs is 1. The predicted molar refractivity (Wildman–Crippen MR) is 82.0 cm³/mol. The quantitative estimate of drug-likeness (QED) is 0.940. The largest absolute Gasteiger partial charge is 0.330 e. The second-order valence-corrected chi connectivity index (χ2v) is 5.66. The lowest BCUT2D eigenvalue weighted by molar-refractivity contribution is -0.116. The van der Waals surface area contributed by atoms with Crippen LogP contribution in [0.1, 0.15) is 11.1 Å². The molecule has 1 amide bonds. The number of carbonyl (C=O) groups is 1. The van der Waals surface area contributed by atoms with Crippen molar-refractivity contribution in [3.8, 4) is 0 Å². The fourth-order valence-corrected chi connectivity index (χ4v) is 2.68. The summed E-state index contributed by atoms with van der Waals surface area (Å²) in [6.07, 6.45) is 2.95. The summed E-state index contributed by atoms with van der Waals surface area (Å²) in [6, 6.07) is 9.80. The van der Waals surface area contributed by atoms with Gasteiger partial charge in [0.2, 0.25) is 5.91 Å². The molecule has 0 saturated carbocycles. The van der Waals surface area contributed by atoms with Gasteiger partial charge in [0.1, 0.15) is 5.82 Å². The molecule has 0 bridgehead atoms. The van der Waals surface area contributed by atoms with Gasteiger partial charge in [-0.3, -0.25) is 9.69 Å². The molecule has 1 aliphatic rings. The Morgan fingerprint density at radius 2 is 2.15 bits per heavy atom. The molecule has 2 heterocycles. The van der Waals surface area contributed by atoms with Crippen LogP contribution in [0.5, 0.6) is 0 Å². The number of aromatic nitrogens is 1. The molecule has 5 heteroatoms. The SMILES string of the molecule is NCCc1ccc2c(c1)CC(=O)N2c1ccc(Br)cn1. The number of nitrogens with two attached hydrogens (primary N) is 1. The van der Waals surface area contributed by atoms with Gasteiger partial charge in [-0.05, 0) is 58.2 Å². The average molecular weight is 332 g/mol. The first-order valence-electron chi connectivity index (χ1n) is 6.45. The van der Waals surface area contributed by atoms with Gasteiger partial charge in [-0.1, -0.05) is 12.1 Å². The van der Waals surface area contributed by atoms with E-state index in [2.05, 4.69) is 27.0 Å². The van der Waals surface area contributed by atoms with Crippen molar-refractivity contribution in [2.75, 3.05) is 11.4 Å². The van der Waals surface area contributed by atoms with Crippen LogP contribution in [-0.4, -0.2) is 17.4 Å². The van der Waals surface area contributed by atoms with Gasteiger partial charge >= 0.3 is 0 Å². The van der Waals surface area contributed by atoms with E-state index >= 15 is 0 Å². The van der Waals surface area contributed by atoms with E-state index in [-0.39, 0.29) is 5.91 Å². The van der Waals surface area contributed by atoms with E-state index in [0.717, 1.165) is 22.1 Å². The number of rotatable bonds is 3. The zero-order valence-electron chi connectivity index (χ0n) is 10.8. The van der Waals surface area contributed by atoms with Crippen LogP contribution >= 0.6 is 15.9 Å². The first-order valence-corrected chi connectivity index (χ1v) is 7.25. The lowest BCUT2D eigenvalue weighted by atomic mass is 10.1. The number of hydrogen-bond donors (Lipinski definition) is 1. The summed E-state index contributed by atoms with van der Waals surface area (Å²) in [5.74, 6) is 0.711. The van der Waals surface area contributed by atoms with Gasteiger partial charge in [0, 0.05) is 10.7 Å². The van der Waals surface area contributed by atoms with E-state index in [1.807, 2.05) is 24.3 Å². The molecule has 1 aromatic heterocycles. The second kappa shape index (κ2) is 5.34. The maximum Gasteiger partial charge on any atom is 0.237 e. The standard InChI is InChI=1S/C15H14BrN3O/c16-12-2-4-14(18-9-12)19-13-3-1-10(5-6-17)7-11(13)8-15(19)20/h1-4,7,9H,5-6,8,17H2. The molecule has 3 rings (SSSR count). The third-order valence-electron chi connectivity index (χ3n) is 3.35. The molecule has 2 N–H and O–H groups in total. The smallest absolute Gasteiger partial charge is 0.237 e. The molecule has 0 atom stereocenters. The molecule has 2 aromatic rings. The number of hydrogen-bond acceptors (Lipinski definition) is 3. The first kappa shape index (κ1) is 13.3. The molecule has 4 nitrogen and oxygen atoms in total. The maximum absolute atomic E-state index is 12.2. The van der Waals surface area contributed by atoms with Crippen LogP contribution in [0.25, 0.3) is 0 Å². The lowest BCUT2D eigenvalue weighted by Gasteiger charge is -2.16. The van der Waals surface area contributed by atoms with Gasteiger partial charge < -0.3 is 5.73 Å². The van der Waals surface area contributed by atoms with Crippen molar-refractivity contribution in [3.63, 3.8) is 0 Å². The van der Waals surface area contributed by atoms with Crippen LogP contribution in [0.2, 0.25) is 0 Å². The Morgan fingerprint density at radius 3 is 2.85 bits per heavy atom. The van der Waals surface area contributed by atoms with Crippen molar-refractivity contribution in [1.29, 1.82) is 0 Å². The molecule has 0 radical (unpaired) electrons. The minimum Gasteiger partial charge on any atom is -0.330 e. The molecule has 102 valence electrons. The zero-order chi connectivity index (χ0) is 14.1. The summed E-state index contributed by atoms with van der Waals surface area (Å²) in [7, 11) is 0. The number of benzene rings is 1. The van der Waals surface area contributed by atoms with Crippen molar-refractivity contribution in [2.24, 2.45) is 5.73 Å². The van der Waals surface area contributed by atoms with Gasteiger partial charge in [0.25, 0.3) is 0 Å². The first-order chi connectivity index (χ1) is 9.69. The number of amides is 1. The van der Waals surface area contributed by atoms with Crippen LogP contribution in [0.15, 0.2) is 41.0 Å². The highest BCUT2D eigenvalue weighted by atomic mass is 79.9. The Morgan fingerprint density at radius 1 is 1.30 bits per heavy atom. The van der Waals surface area contributed by atoms with Crippen LogP contribution in [0.4, 0.5) is 11.5 Å². The molecule has 0 saturated heterocycles. The molecular weight excluding hydrogens is 318 g/mol. The molecule has 1 aromatic carbocycles. The molecule has 0 unspecified atom stereocenters. The molecule has 1 aliphatic heterocycles. The summed E-state index contributed by atoms with van der Waals surface area (Å²) in [4.78, 5) is 18.2. The van der Waals surface area contributed by atoms with Gasteiger partial charge in [0.15, 0.2) is 0 Å². The van der Waals surface area contributed by atoms with Gasteiger partial charge in [-0.25, -0.2) is 4.98 Å². The Kier molecular flexibility index (Phi) is 3.54. The summed E-state index contributed by atoms with van der Waals surface area (Å²) in [5.41, 5.74) is 8.71. The second-order valence-electron chi connectivity index (χ2n) is 4.74. The zero-order valence-corrected chi connectivity index (χ0v) is 12.4. The van der Waals surface area contributed by atoms with Crippen molar-refractivity contribution >= 4 is 33.3 Å². The number of anilines is 2. The topological polar surface area (TPSA) is 59.2 Å². The van der Waals surface area contributed by atoms with Crippen LogP contribution in [-0.2, 0) is 17.6 Å². The number of halogens is 1. The summed E-state index contributed by atoms with van der Waals surface area (Å²) in [6.45, 7) is 0.616. The summed E-state index contributed by atoms with van der Waals surface area (Å²) in [5, 5.41) is 0. The highest BCUT2D eigenvalue weighted by Gasteiger charge is 2.29. The maximum atomic E-state index is 12.2. The van der Waals surface area contributed by atoms with Crippen LogP contribution in [0, 0.1) is 0 Å². The van der Waals surface area contributed by atoms with E-state index < -0.39 is 0 Å². The number of nitrogens with zero attached hydrogens (tertiary/aromatic N) is 2.